The molecular formula is C20H18ClN3O2. The highest BCUT2D eigenvalue weighted by Crippen LogP contribution is 2.39. The number of hydrogen-bond acceptors (Lipinski definition) is 4. The van der Waals surface area contributed by atoms with Gasteiger partial charge in [0.05, 0.1) is 29.3 Å². The molecule has 0 amide bonds. The van der Waals surface area contributed by atoms with Crippen molar-refractivity contribution in [2.24, 2.45) is 0 Å². The molecule has 2 heterocycles. The van der Waals surface area contributed by atoms with Crippen LogP contribution in [0.4, 0.5) is 5.95 Å². The van der Waals surface area contributed by atoms with E-state index in [1.54, 1.807) is 6.92 Å². The summed E-state index contributed by atoms with van der Waals surface area (Å²) in [5, 5.41) is 3.90. The summed E-state index contributed by atoms with van der Waals surface area (Å²) in [5.74, 6) is 0.373. The third-order valence-electron chi connectivity index (χ3n) is 4.51. The standard InChI is InChI=1S/C20H18ClN3O2/c1-3-26-19(25)17-12(2)22-20-23-15-6-4-5-7-16(15)24(20)18(17)13-8-10-14(21)11-9-13/h4-11,18H,3H2,1-2H3,(H,22,23). The van der Waals surface area contributed by atoms with Crippen LogP contribution in [0, 0.1) is 0 Å². The summed E-state index contributed by atoms with van der Waals surface area (Å²) in [7, 11) is 0. The zero-order valence-electron chi connectivity index (χ0n) is 14.5. The fraction of sp³-hybridized carbons (Fsp3) is 0.200. The van der Waals surface area contributed by atoms with E-state index in [2.05, 4.69) is 10.3 Å². The largest absolute Gasteiger partial charge is 0.463 e. The highest BCUT2D eigenvalue weighted by molar-refractivity contribution is 6.30. The number of carbonyl (C=O) groups excluding carboxylic acids is 1. The number of nitrogens with zero attached hydrogens (tertiary/aromatic N) is 2. The van der Waals surface area contributed by atoms with Gasteiger partial charge in [0.1, 0.15) is 0 Å². The van der Waals surface area contributed by atoms with E-state index in [1.807, 2.05) is 60.0 Å². The van der Waals surface area contributed by atoms with Crippen molar-refractivity contribution in [3.05, 3.63) is 70.4 Å². The minimum Gasteiger partial charge on any atom is -0.463 e. The van der Waals surface area contributed by atoms with Gasteiger partial charge in [-0.3, -0.25) is 4.57 Å². The number of imidazole rings is 1. The first-order valence-corrected chi connectivity index (χ1v) is 8.85. The molecule has 1 N–H and O–H groups in total. The average molecular weight is 368 g/mol. The smallest absolute Gasteiger partial charge is 0.338 e. The van der Waals surface area contributed by atoms with Crippen LogP contribution in [0.3, 0.4) is 0 Å². The lowest BCUT2D eigenvalue weighted by Crippen LogP contribution is -2.28. The van der Waals surface area contributed by atoms with Crippen molar-refractivity contribution >= 4 is 34.6 Å². The Hall–Kier alpha value is -2.79. The molecule has 5 nitrogen and oxygen atoms in total. The number of aromatic nitrogens is 2. The van der Waals surface area contributed by atoms with Gasteiger partial charge in [0, 0.05) is 10.7 Å². The van der Waals surface area contributed by atoms with Crippen LogP contribution in [-0.2, 0) is 9.53 Å². The van der Waals surface area contributed by atoms with E-state index in [4.69, 9.17) is 16.3 Å². The Morgan fingerprint density at radius 2 is 1.96 bits per heavy atom. The lowest BCUT2D eigenvalue weighted by Gasteiger charge is -2.30. The van der Waals surface area contributed by atoms with Gasteiger partial charge in [0.2, 0.25) is 5.95 Å². The van der Waals surface area contributed by atoms with Crippen molar-refractivity contribution in [2.75, 3.05) is 11.9 Å². The lowest BCUT2D eigenvalue weighted by molar-refractivity contribution is -0.139. The van der Waals surface area contributed by atoms with Crippen LogP contribution < -0.4 is 5.32 Å². The maximum atomic E-state index is 12.7. The molecule has 132 valence electrons. The Kier molecular flexibility index (Phi) is 4.17. The minimum atomic E-state index is -0.338. The van der Waals surface area contributed by atoms with Gasteiger partial charge in [0.25, 0.3) is 0 Å². The molecule has 1 aromatic heterocycles. The van der Waals surface area contributed by atoms with Crippen LogP contribution in [0.25, 0.3) is 11.0 Å². The van der Waals surface area contributed by atoms with Crippen molar-refractivity contribution in [3.63, 3.8) is 0 Å². The topological polar surface area (TPSA) is 56.1 Å². The van der Waals surface area contributed by atoms with Crippen LogP contribution in [0.1, 0.15) is 25.5 Å². The number of benzene rings is 2. The van der Waals surface area contributed by atoms with Gasteiger partial charge in [-0.05, 0) is 43.7 Å². The van der Waals surface area contributed by atoms with Crippen LogP contribution in [0.15, 0.2) is 59.8 Å². The van der Waals surface area contributed by atoms with E-state index in [-0.39, 0.29) is 12.0 Å². The van der Waals surface area contributed by atoms with E-state index >= 15 is 0 Å². The van der Waals surface area contributed by atoms with E-state index in [0.717, 1.165) is 22.3 Å². The fourth-order valence-corrected chi connectivity index (χ4v) is 3.52. The van der Waals surface area contributed by atoms with Gasteiger partial charge >= 0.3 is 5.97 Å². The quantitative estimate of drug-likeness (QED) is 0.690. The summed E-state index contributed by atoms with van der Waals surface area (Å²) in [6.45, 7) is 4.00. The molecule has 0 aliphatic carbocycles. The highest BCUT2D eigenvalue weighted by atomic mass is 35.5. The van der Waals surface area contributed by atoms with E-state index < -0.39 is 0 Å². The third-order valence-corrected chi connectivity index (χ3v) is 4.76. The number of rotatable bonds is 3. The number of ether oxygens (including phenoxy) is 1. The molecule has 3 aromatic rings. The second-order valence-electron chi connectivity index (χ2n) is 6.13. The maximum absolute atomic E-state index is 12.7. The monoisotopic (exact) mass is 367 g/mol. The Morgan fingerprint density at radius 3 is 2.69 bits per heavy atom. The molecule has 0 spiro atoms. The summed E-state index contributed by atoms with van der Waals surface area (Å²) in [6.07, 6.45) is 0. The lowest BCUT2D eigenvalue weighted by atomic mass is 9.95. The van der Waals surface area contributed by atoms with Crippen LogP contribution in [0.5, 0.6) is 0 Å². The van der Waals surface area contributed by atoms with Gasteiger partial charge < -0.3 is 10.1 Å². The molecule has 1 atom stereocenters. The highest BCUT2D eigenvalue weighted by Gasteiger charge is 2.34. The van der Waals surface area contributed by atoms with Crippen molar-refractivity contribution in [1.82, 2.24) is 9.55 Å². The van der Waals surface area contributed by atoms with Crippen LogP contribution >= 0.6 is 11.6 Å². The normalized spacial score (nSPS) is 16.3. The van der Waals surface area contributed by atoms with Gasteiger partial charge in [-0.25, -0.2) is 9.78 Å². The third kappa shape index (κ3) is 2.65. The van der Waals surface area contributed by atoms with E-state index in [1.165, 1.54) is 0 Å². The summed E-state index contributed by atoms with van der Waals surface area (Å²) < 4.78 is 7.37. The van der Waals surface area contributed by atoms with Crippen LogP contribution in [0.2, 0.25) is 5.02 Å². The Balaban J connectivity index is 1.97. The molecule has 0 saturated carbocycles. The number of fused-ring (bicyclic) bond motifs is 3. The van der Waals surface area contributed by atoms with Gasteiger partial charge in [0.15, 0.2) is 0 Å². The summed E-state index contributed by atoms with van der Waals surface area (Å²) in [5.41, 5.74) is 4.08. The van der Waals surface area contributed by atoms with Crippen molar-refractivity contribution < 1.29 is 9.53 Å². The molecule has 6 heteroatoms. The Morgan fingerprint density at radius 1 is 1.23 bits per heavy atom. The van der Waals surface area contributed by atoms with Gasteiger partial charge in [-0.2, -0.15) is 0 Å². The molecular weight excluding hydrogens is 350 g/mol. The molecule has 0 fully saturated rings. The summed E-state index contributed by atoms with van der Waals surface area (Å²) in [6, 6.07) is 15.1. The molecule has 1 aliphatic heterocycles. The molecule has 0 radical (unpaired) electrons. The number of nitrogens with one attached hydrogen (secondary N) is 1. The number of para-hydroxylation sites is 2. The molecule has 1 unspecified atom stereocenters. The Labute approximate surface area is 156 Å². The zero-order chi connectivity index (χ0) is 18.3. The average Bonchev–Trinajstić information content (AvgIpc) is 2.99. The van der Waals surface area contributed by atoms with Crippen LogP contribution in [-0.4, -0.2) is 22.1 Å². The SMILES string of the molecule is CCOC(=O)C1=C(C)Nc2nc3ccccc3n2C1c1ccc(Cl)cc1. The Bertz CT molecular complexity index is 1020. The first-order valence-electron chi connectivity index (χ1n) is 8.47. The number of carbonyl (C=O) groups is 1. The van der Waals surface area contributed by atoms with Crippen molar-refractivity contribution in [2.45, 2.75) is 19.9 Å². The van der Waals surface area contributed by atoms with Gasteiger partial charge in [-0.1, -0.05) is 35.9 Å². The maximum Gasteiger partial charge on any atom is 0.338 e. The second kappa shape index (κ2) is 6.50. The molecule has 1 aliphatic rings. The molecule has 26 heavy (non-hydrogen) atoms. The van der Waals surface area contributed by atoms with E-state index in [0.29, 0.717) is 23.2 Å². The fourth-order valence-electron chi connectivity index (χ4n) is 3.40. The zero-order valence-corrected chi connectivity index (χ0v) is 15.2. The summed E-state index contributed by atoms with van der Waals surface area (Å²) >= 11 is 6.07. The molecule has 0 saturated heterocycles. The van der Waals surface area contributed by atoms with Gasteiger partial charge in [-0.15, -0.1) is 0 Å². The number of anilines is 1. The number of hydrogen-bond donors (Lipinski definition) is 1. The van der Waals surface area contributed by atoms with E-state index in [9.17, 15) is 4.79 Å². The molecule has 0 bridgehead atoms. The summed E-state index contributed by atoms with van der Waals surface area (Å²) in [4.78, 5) is 17.4. The number of esters is 1. The number of allylic oxidation sites excluding steroid dienone is 1. The predicted octanol–water partition coefficient (Wildman–Crippen LogP) is 4.54. The first kappa shape index (κ1) is 16.7. The predicted molar refractivity (Wildman–Crippen MR) is 102 cm³/mol. The number of halogens is 1. The van der Waals surface area contributed by atoms with Crippen molar-refractivity contribution in [3.8, 4) is 0 Å². The first-order chi connectivity index (χ1) is 12.6. The molecule has 4 rings (SSSR count). The molecule has 2 aromatic carbocycles. The second-order valence-corrected chi connectivity index (χ2v) is 6.57. The van der Waals surface area contributed by atoms with Crippen molar-refractivity contribution in [1.29, 1.82) is 0 Å². The minimum absolute atomic E-state index is 0.320.